The molecule has 0 saturated carbocycles. The molecule has 4 heteroatoms. The van der Waals surface area contributed by atoms with Gasteiger partial charge in [-0.15, -0.1) is 11.6 Å². The van der Waals surface area contributed by atoms with E-state index >= 15 is 0 Å². The number of hydrogen-bond acceptors (Lipinski definition) is 2. The van der Waals surface area contributed by atoms with Gasteiger partial charge in [-0.25, -0.2) is 0 Å². The Kier molecular flexibility index (Phi) is 4.47. The standard InChI is InChI=1S/C12H21ClN2O/c13-10-12(16)15-8-4-11(5-9-15)14-6-2-1-3-7-14/h11H,1-10H2. The molecule has 0 radical (unpaired) electrons. The highest BCUT2D eigenvalue weighted by Gasteiger charge is 2.26. The van der Waals surface area contributed by atoms with Crippen molar-refractivity contribution in [2.24, 2.45) is 0 Å². The van der Waals surface area contributed by atoms with Crippen molar-refractivity contribution in [1.82, 2.24) is 9.80 Å². The monoisotopic (exact) mass is 244 g/mol. The number of piperidine rings is 2. The molecule has 2 rings (SSSR count). The van der Waals surface area contributed by atoms with Crippen molar-refractivity contribution in [2.45, 2.75) is 38.1 Å². The SMILES string of the molecule is O=C(CCl)N1CCC(N2CCCCC2)CC1. The fourth-order valence-corrected chi connectivity index (χ4v) is 3.02. The molecule has 16 heavy (non-hydrogen) atoms. The molecule has 0 atom stereocenters. The maximum absolute atomic E-state index is 11.4. The molecule has 2 saturated heterocycles. The first-order valence-electron chi connectivity index (χ1n) is 6.39. The van der Waals surface area contributed by atoms with Crippen LogP contribution in [0, 0.1) is 0 Å². The van der Waals surface area contributed by atoms with Gasteiger partial charge in [-0.2, -0.15) is 0 Å². The van der Waals surface area contributed by atoms with E-state index in [-0.39, 0.29) is 11.8 Å². The topological polar surface area (TPSA) is 23.6 Å². The van der Waals surface area contributed by atoms with Gasteiger partial charge < -0.3 is 9.80 Å². The third kappa shape index (κ3) is 2.89. The molecule has 2 heterocycles. The highest BCUT2D eigenvalue weighted by molar-refractivity contribution is 6.27. The summed E-state index contributed by atoms with van der Waals surface area (Å²) in [5.74, 6) is 0.229. The maximum Gasteiger partial charge on any atom is 0.237 e. The van der Waals surface area contributed by atoms with Crippen LogP contribution in [0.3, 0.4) is 0 Å². The van der Waals surface area contributed by atoms with Crippen LogP contribution in [0.2, 0.25) is 0 Å². The summed E-state index contributed by atoms with van der Waals surface area (Å²) in [6.07, 6.45) is 6.34. The van der Waals surface area contributed by atoms with Crippen molar-refractivity contribution >= 4 is 17.5 Å². The fourth-order valence-electron chi connectivity index (χ4n) is 2.85. The van der Waals surface area contributed by atoms with Crippen LogP contribution in [0.25, 0.3) is 0 Å². The lowest BCUT2D eigenvalue weighted by molar-refractivity contribution is -0.130. The van der Waals surface area contributed by atoms with Crippen LogP contribution in [0.5, 0.6) is 0 Å². The molecule has 0 bridgehead atoms. The summed E-state index contributed by atoms with van der Waals surface area (Å²) >= 11 is 5.57. The maximum atomic E-state index is 11.4. The largest absolute Gasteiger partial charge is 0.342 e. The van der Waals surface area contributed by atoms with Gasteiger partial charge in [0, 0.05) is 19.1 Å². The summed E-state index contributed by atoms with van der Waals surface area (Å²) < 4.78 is 0. The van der Waals surface area contributed by atoms with Gasteiger partial charge in [-0.3, -0.25) is 4.79 Å². The zero-order chi connectivity index (χ0) is 11.4. The minimum atomic E-state index is 0.0961. The second-order valence-electron chi connectivity index (χ2n) is 4.84. The van der Waals surface area contributed by atoms with E-state index in [2.05, 4.69) is 4.90 Å². The molecular weight excluding hydrogens is 224 g/mol. The van der Waals surface area contributed by atoms with Crippen LogP contribution < -0.4 is 0 Å². The molecule has 3 nitrogen and oxygen atoms in total. The highest BCUT2D eigenvalue weighted by Crippen LogP contribution is 2.20. The van der Waals surface area contributed by atoms with Gasteiger partial charge in [0.05, 0.1) is 0 Å². The van der Waals surface area contributed by atoms with Crippen LogP contribution in [0.15, 0.2) is 0 Å². The number of rotatable bonds is 2. The van der Waals surface area contributed by atoms with Crippen LogP contribution in [0.4, 0.5) is 0 Å². The van der Waals surface area contributed by atoms with Crippen LogP contribution in [-0.2, 0) is 4.79 Å². The Bertz CT molecular complexity index is 233. The summed E-state index contributed by atoms with van der Waals surface area (Å²) in [5.41, 5.74) is 0. The summed E-state index contributed by atoms with van der Waals surface area (Å²) in [7, 11) is 0. The average molecular weight is 245 g/mol. The van der Waals surface area contributed by atoms with Crippen molar-refractivity contribution in [1.29, 1.82) is 0 Å². The number of likely N-dealkylation sites (tertiary alicyclic amines) is 2. The van der Waals surface area contributed by atoms with E-state index in [9.17, 15) is 4.79 Å². The van der Waals surface area contributed by atoms with Gasteiger partial charge in [-0.05, 0) is 38.8 Å². The summed E-state index contributed by atoms with van der Waals surface area (Å²) in [5, 5.41) is 0. The van der Waals surface area contributed by atoms with E-state index in [0.717, 1.165) is 25.9 Å². The summed E-state index contributed by atoms with van der Waals surface area (Å²) in [6.45, 7) is 4.31. The quantitative estimate of drug-likeness (QED) is 0.691. The molecule has 2 fully saturated rings. The number of amides is 1. The van der Waals surface area contributed by atoms with Crippen molar-refractivity contribution in [3.8, 4) is 0 Å². The second kappa shape index (κ2) is 5.87. The van der Waals surface area contributed by atoms with E-state index in [0.29, 0.717) is 6.04 Å². The molecule has 2 aliphatic heterocycles. The van der Waals surface area contributed by atoms with Crippen LogP contribution >= 0.6 is 11.6 Å². The number of nitrogens with zero attached hydrogens (tertiary/aromatic N) is 2. The minimum absolute atomic E-state index is 0.0961. The van der Waals surface area contributed by atoms with Gasteiger partial charge in [0.25, 0.3) is 0 Å². The van der Waals surface area contributed by atoms with E-state index in [1.54, 1.807) is 0 Å². The van der Waals surface area contributed by atoms with Gasteiger partial charge in [-0.1, -0.05) is 6.42 Å². The summed E-state index contributed by atoms with van der Waals surface area (Å²) in [4.78, 5) is 16.0. The molecular formula is C12H21ClN2O. The summed E-state index contributed by atoms with van der Waals surface area (Å²) in [6, 6.07) is 0.708. The van der Waals surface area contributed by atoms with Crippen molar-refractivity contribution in [3.63, 3.8) is 0 Å². The fraction of sp³-hybridized carbons (Fsp3) is 0.917. The number of alkyl halides is 1. The number of carbonyl (C=O) groups is 1. The molecule has 0 N–H and O–H groups in total. The van der Waals surface area contributed by atoms with Crippen LogP contribution in [0.1, 0.15) is 32.1 Å². The lowest BCUT2D eigenvalue weighted by atomic mass is 10.00. The van der Waals surface area contributed by atoms with Gasteiger partial charge in [0.1, 0.15) is 5.88 Å². The van der Waals surface area contributed by atoms with Gasteiger partial charge in [0.15, 0.2) is 0 Å². The first-order chi connectivity index (χ1) is 7.81. The predicted octanol–water partition coefficient (Wildman–Crippen LogP) is 1.70. The second-order valence-corrected chi connectivity index (χ2v) is 5.11. The third-order valence-corrected chi connectivity index (χ3v) is 4.07. The molecule has 0 unspecified atom stereocenters. The minimum Gasteiger partial charge on any atom is -0.342 e. The predicted molar refractivity (Wildman–Crippen MR) is 65.7 cm³/mol. The Labute approximate surface area is 103 Å². The first-order valence-corrected chi connectivity index (χ1v) is 6.92. The first kappa shape index (κ1) is 12.2. The normalized spacial score (nSPS) is 24.7. The molecule has 0 aromatic heterocycles. The Morgan fingerprint density at radius 3 is 2.25 bits per heavy atom. The molecule has 0 aromatic rings. The Hall–Kier alpha value is -0.280. The van der Waals surface area contributed by atoms with Crippen molar-refractivity contribution in [3.05, 3.63) is 0 Å². The third-order valence-electron chi connectivity index (χ3n) is 3.84. The zero-order valence-corrected chi connectivity index (χ0v) is 10.6. The molecule has 2 aliphatic rings. The number of carbonyl (C=O) groups excluding carboxylic acids is 1. The van der Waals surface area contributed by atoms with Crippen molar-refractivity contribution in [2.75, 3.05) is 32.1 Å². The Morgan fingerprint density at radius 1 is 1.06 bits per heavy atom. The van der Waals surface area contributed by atoms with Crippen molar-refractivity contribution < 1.29 is 4.79 Å². The zero-order valence-electron chi connectivity index (χ0n) is 9.83. The molecule has 0 aliphatic carbocycles. The van der Waals surface area contributed by atoms with Gasteiger partial charge in [0.2, 0.25) is 5.91 Å². The van der Waals surface area contributed by atoms with Gasteiger partial charge >= 0.3 is 0 Å². The average Bonchev–Trinajstić information content (AvgIpc) is 2.39. The van der Waals surface area contributed by atoms with E-state index < -0.39 is 0 Å². The highest BCUT2D eigenvalue weighted by atomic mass is 35.5. The lowest BCUT2D eigenvalue weighted by Gasteiger charge is -2.40. The number of hydrogen-bond donors (Lipinski definition) is 0. The smallest absolute Gasteiger partial charge is 0.237 e. The number of halogens is 1. The molecule has 1 amide bonds. The molecule has 92 valence electrons. The lowest BCUT2D eigenvalue weighted by Crippen LogP contribution is -2.48. The van der Waals surface area contributed by atoms with Crippen LogP contribution in [-0.4, -0.2) is 53.8 Å². The van der Waals surface area contributed by atoms with E-state index in [1.807, 2.05) is 4.90 Å². The molecule has 0 spiro atoms. The Morgan fingerprint density at radius 2 is 1.69 bits per heavy atom. The van der Waals surface area contributed by atoms with E-state index in [4.69, 9.17) is 11.6 Å². The Balaban J connectivity index is 1.78. The molecule has 0 aromatic carbocycles. The van der Waals surface area contributed by atoms with E-state index in [1.165, 1.54) is 32.4 Å².